The van der Waals surface area contributed by atoms with Gasteiger partial charge in [-0.25, -0.2) is 4.98 Å². The molecular weight excluding hydrogens is 540 g/mol. The lowest BCUT2D eigenvalue weighted by Gasteiger charge is -2.37. The summed E-state index contributed by atoms with van der Waals surface area (Å²) >= 11 is 0. The Labute approximate surface area is 253 Å². The van der Waals surface area contributed by atoms with E-state index < -0.39 is 0 Å². The maximum absolute atomic E-state index is 9.72. The highest BCUT2D eigenvalue weighted by molar-refractivity contribution is 6.09. The van der Waals surface area contributed by atoms with E-state index in [4.69, 9.17) is 20.2 Å². The Kier molecular flexibility index (Phi) is 9.11. The number of rotatable bonds is 11. The van der Waals surface area contributed by atoms with Crippen LogP contribution in [0.5, 0.6) is 5.75 Å². The Bertz CT molecular complexity index is 1590. The number of aliphatic hydroxyl groups excluding tert-OH is 1. The molecule has 4 heterocycles. The van der Waals surface area contributed by atoms with Crippen molar-refractivity contribution < 1.29 is 14.6 Å². The first-order valence-corrected chi connectivity index (χ1v) is 15.7. The van der Waals surface area contributed by atoms with Crippen molar-refractivity contribution in [1.29, 1.82) is 0 Å². The SMILES string of the molecule is CCC[C@@H](CCO)Nc1nc(N)nc2c3ccccc3n(Cc3cc(C4=CCCN(C5CCOCC5)C4)ccc3OC)c12. The van der Waals surface area contributed by atoms with E-state index >= 15 is 0 Å². The van der Waals surface area contributed by atoms with Crippen LogP contribution in [-0.2, 0) is 11.3 Å². The quantitative estimate of drug-likeness (QED) is 0.213. The molecule has 0 amide bonds. The van der Waals surface area contributed by atoms with E-state index in [2.05, 4.69) is 69.2 Å². The van der Waals surface area contributed by atoms with E-state index in [-0.39, 0.29) is 18.6 Å². The minimum Gasteiger partial charge on any atom is -0.496 e. The van der Waals surface area contributed by atoms with Crippen LogP contribution in [-0.4, -0.2) is 76.6 Å². The van der Waals surface area contributed by atoms with E-state index in [0.717, 1.165) is 91.7 Å². The number of nitrogens with two attached hydrogens (primary N) is 1. The molecule has 2 aliphatic rings. The van der Waals surface area contributed by atoms with Gasteiger partial charge in [0.2, 0.25) is 5.95 Å². The molecule has 1 fully saturated rings. The van der Waals surface area contributed by atoms with E-state index in [1.165, 1.54) is 11.1 Å². The van der Waals surface area contributed by atoms with Crippen molar-refractivity contribution in [1.82, 2.24) is 19.4 Å². The molecule has 2 aliphatic heterocycles. The van der Waals surface area contributed by atoms with Crippen LogP contribution in [0.3, 0.4) is 0 Å². The van der Waals surface area contributed by atoms with Crippen molar-refractivity contribution in [2.75, 3.05) is 51.1 Å². The number of para-hydroxylation sites is 1. The molecule has 4 N–H and O–H groups in total. The number of fused-ring (bicyclic) bond motifs is 3. The first-order chi connectivity index (χ1) is 21.1. The number of methoxy groups -OCH3 is 1. The van der Waals surface area contributed by atoms with Gasteiger partial charge in [-0.15, -0.1) is 0 Å². The lowest BCUT2D eigenvalue weighted by molar-refractivity contribution is 0.0383. The first-order valence-electron chi connectivity index (χ1n) is 15.7. The lowest BCUT2D eigenvalue weighted by atomic mass is 9.96. The average Bonchev–Trinajstić information content (AvgIpc) is 3.35. The van der Waals surface area contributed by atoms with Gasteiger partial charge >= 0.3 is 0 Å². The fourth-order valence-electron chi connectivity index (χ4n) is 6.81. The smallest absolute Gasteiger partial charge is 0.222 e. The second-order valence-electron chi connectivity index (χ2n) is 11.7. The molecule has 1 atom stereocenters. The molecule has 6 rings (SSSR count). The van der Waals surface area contributed by atoms with Crippen LogP contribution >= 0.6 is 0 Å². The highest BCUT2D eigenvalue weighted by Crippen LogP contribution is 2.36. The number of benzene rings is 2. The number of aliphatic hydroxyl groups is 1. The molecule has 2 aromatic carbocycles. The zero-order valence-corrected chi connectivity index (χ0v) is 25.4. The van der Waals surface area contributed by atoms with E-state index in [0.29, 0.717) is 24.8 Å². The predicted octanol–water partition coefficient (Wildman–Crippen LogP) is 5.45. The minimum absolute atomic E-state index is 0.0775. The standard InChI is InChI=1S/C34H44N6O3/c1-3-7-26(13-17-41)36-33-32-31(37-34(35)38-33)28-9-4-5-10-29(28)40(32)22-25-20-23(11-12-30(25)42-2)24-8-6-16-39(21-24)27-14-18-43-19-15-27/h4-5,8-12,20,26-27,41H,3,6-7,13-19,21-22H2,1-2H3,(H3,35,36,37,38)/t26-/m0/s1. The minimum atomic E-state index is 0.0775. The highest BCUT2D eigenvalue weighted by Gasteiger charge is 2.25. The number of nitrogen functional groups attached to an aromatic ring is 1. The number of nitrogens with one attached hydrogen (secondary N) is 1. The number of anilines is 2. The summed E-state index contributed by atoms with van der Waals surface area (Å²) in [7, 11) is 1.73. The van der Waals surface area contributed by atoms with Crippen LogP contribution in [0.2, 0.25) is 0 Å². The van der Waals surface area contributed by atoms with E-state index in [9.17, 15) is 5.11 Å². The van der Waals surface area contributed by atoms with Crippen molar-refractivity contribution in [2.24, 2.45) is 0 Å². The van der Waals surface area contributed by atoms with Crippen molar-refractivity contribution >= 4 is 39.3 Å². The van der Waals surface area contributed by atoms with Gasteiger partial charge in [0.05, 0.1) is 19.2 Å². The number of aromatic nitrogens is 3. The molecule has 0 aliphatic carbocycles. The Morgan fingerprint density at radius 3 is 2.77 bits per heavy atom. The predicted molar refractivity (Wildman–Crippen MR) is 174 cm³/mol. The molecule has 43 heavy (non-hydrogen) atoms. The van der Waals surface area contributed by atoms with Gasteiger partial charge in [0.25, 0.3) is 0 Å². The van der Waals surface area contributed by atoms with Gasteiger partial charge in [-0.1, -0.05) is 43.7 Å². The van der Waals surface area contributed by atoms with Gasteiger partial charge in [0, 0.05) is 55.9 Å². The molecular formula is C34H44N6O3. The molecule has 1 saturated heterocycles. The normalized spacial score (nSPS) is 17.3. The summed E-state index contributed by atoms with van der Waals surface area (Å²) in [5.74, 6) is 1.78. The van der Waals surface area contributed by atoms with Gasteiger partial charge in [-0.05, 0) is 61.4 Å². The van der Waals surface area contributed by atoms with Crippen molar-refractivity contribution in [3.63, 3.8) is 0 Å². The fourth-order valence-corrected chi connectivity index (χ4v) is 6.81. The summed E-state index contributed by atoms with van der Waals surface area (Å²) in [6.45, 7) is 6.61. The second kappa shape index (κ2) is 13.3. The summed E-state index contributed by atoms with van der Waals surface area (Å²) < 4.78 is 13.8. The maximum atomic E-state index is 9.72. The second-order valence-corrected chi connectivity index (χ2v) is 11.7. The van der Waals surface area contributed by atoms with Crippen LogP contribution in [0.15, 0.2) is 48.5 Å². The Morgan fingerprint density at radius 1 is 1.14 bits per heavy atom. The third-order valence-electron chi connectivity index (χ3n) is 8.94. The molecule has 0 unspecified atom stereocenters. The van der Waals surface area contributed by atoms with E-state index in [1.54, 1.807) is 7.11 Å². The number of hydrogen-bond donors (Lipinski definition) is 3. The summed E-state index contributed by atoms with van der Waals surface area (Å²) in [5.41, 5.74) is 12.7. The van der Waals surface area contributed by atoms with Crippen molar-refractivity contribution in [2.45, 2.75) is 64.1 Å². The highest BCUT2D eigenvalue weighted by atomic mass is 16.5. The van der Waals surface area contributed by atoms with Crippen LogP contribution in [0.1, 0.15) is 56.6 Å². The topological polar surface area (TPSA) is 111 Å². The average molecular weight is 585 g/mol. The van der Waals surface area contributed by atoms with Crippen LogP contribution in [0.4, 0.5) is 11.8 Å². The molecule has 0 radical (unpaired) electrons. The monoisotopic (exact) mass is 584 g/mol. The Hall–Kier alpha value is -3.66. The summed E-state index contributed by atoms with van der Waals surface area (Å²) in [4.78, 5) is 12.0. The largest absolute Gasteiger partial charge is 0.496 e. The van der Waals surface area contributed by atoms with Crippen LogP contribution in [0.25, 0.3) is 27.5 Å². The molecule has 9 heteroatoms. The molecule has 9 nitrogen and oxygen atoms in total. The summed E-state index contributed by atoms with van der Waals surface area (Å²) in [5, 5.41) is 14.4. The molecule has 0 saturated carbocycles. The van der Waals surface area contributed by atoms with Crippen LogP contribution < -0.4 is 15.8 Å². The fraction of sp³-hybridized carbons (Fsp3) is 0.471. The molecule has 228 valence electrons. The molecule has 2 aromatic heterocycles. The van der Waals surface area contributed by atoms with Gasteiger partial charge < -0.3 is 30.2 Å². The third-order valence-corrected chi connectivity index (χ3v) is 8.94. The van der Waals surface area contributed by atoms with Gasteiger partial charge in [0.15, 0.2) is 5.82 Å². The van der Waals surface area contributed by atoms with Gasteiger partial charge in [-0.3, -0.25) is 4.90 Å². The summed E-state index contributed by atoms with van der Waals surface area (Å²) in [6, 6.07) is 15.5. The Morgan fingerprint density at radius 2 is 1.98 bits per heavy atom. The van der Waals surface area contributed by atoms with Gasteiger partial charge in [0.1, 0.15) is 16.8 Å². The zero-order chi connectivity index (χ0) is 29.8. The number of nitrogens with zero attached hydrogens (tertiary/aromatic N) is 4. The Balaban J connectivity index is 1.40. The zero-order valence-electron chi connectivity index (χ0n) is 25.4. The number of ether oxygens (including phenoxy) is 2. The molecule has 4 aromatic rings. The third kappa shape index (κ3) is 6.20. The number of hydrogen-bond acceptors (Lipinski definition) is 8. The lowest BCUT2D eigenvalue weighted by Crippen LogP contribution is -2.42. The summed E-state index contributed by atoms with van der Waals surface area (Å²) in [6.07, 6.45) is 8.22. The van der Waals surface area contributed by atoms with Crippen molar-refractivity contribution in [3.8, 4) is 5.75 Å². The first kappa shape index (κ1) is 29.4. The van der Waals surface area contributed by atoms with Gasteiger partial charge in [-0.2, -0.15) is 4.98 Å². The molecule has 0 bridgehead atoms. The molecule has 0 spiro atoms. The van der Waals surface area contributed by atoms with Crippen LogP contribution in [0, 0.1) is 0 Å². The maximum Gasteiger partial charge on any atom is 0.222 e. The van der Waals surface area contributed by atoms with E-state index in [1.807, 2.05) is 6.07 Å². The van der Waals surface area contributed by atoms with Crippen molar-refractivity contribution in [3.05, 3.63) is 59.7 Å².